The number of benzene rings is 1. The van der Waals surface area contributed by atoms with Gasteiger partial charge in [0.2, 0.25) is 0 Å². The van der Waals surface area contributed by atoms with E-state index in [2.05, 4.69) is 16.4 Å². The van der Waals surface area contributed by atoms with Gasteiger partial charge in [0.25, 0.3) is 0 Å². The number of hydrogen-bond acceptors (Lipinski definition) is 3. The van der Waals surface area contributed by atoms with Crippen molar-refractivity contribution in [3.8, 4) is 0 Å². The average molecular weight is 270 g/mol. The highest BCUT2D eigenvalue weighted by molar-refractivity contribution is 5.85. The van der Waals surface area contributed by atoms with E-state index in [1.807, 2.05) is 37.5 Å². The van der Waals surface area contributed by atoms with Crippen molar-refractivity contribution in [1.29, 1.82) is 0 Å². The number of nitrogens with zero attached hydrogens (tertiary/aromatic N) is 1. The molecule has 1 aromatic heterocycles. The first kappa shape index (κ1) is 13.5. The van der Waals surface area contributed by atoms with Crippen molar-refractivity contribution in [2.75, 3.05) is 6.54 Å². The van der Waals surface area contributed by atoms with Gasteiger partial charge in [-0.25, -0.2) is 0 Å². The molecular formula is C17H22N2O. The molecule has 2 aromatic rings. The minimum atomic E-state index is -0.844. The molecule has 106 valence electrons. The lowest BCUT2D eigenvalue weighted by molar-refractivity contribution is 0.0343. The fourth-order valence-corrected chi connectivity index (χ4v) is 3.23. The molecule has 0 spiro atoms. The van der Waals surface area contributed by atoms with Gasteiger partial charge >= 0.3 is 0 Å². The highest BCUT2D eigenvalue weighted by atomic mass is 16.3. The van der Waals surface area contributed by atoms with Crippen molar-refractivity contribution >= 4 is 10.8 Å². The van der Waals surface area contributed by atoms with Crippen LogP contribution in [0, 0.1) is 0 Å². The molecule has 3 rings (SSSR count). The van der Waals surface area contributed by atoms with Gasteiger partial charge in [-0.15, -0.1) is 0 Å². The number of aromatic nitrogens is 1. The lowest BCUT2D eigenvalue weighted by atomic mass is 9.85. The van der Waals surface area contributed by atoms with Crippen LogP contribution in [0.4, 0.5) is 0 Å². The summed E-state index contributed by atoms with van der Waals surface area (Å²) < 4.78 is 0. The topological polar surface area (TPSA) is 45.1 Å². The Kier molecular flexibility index (Phi) is 3.72. The molecular weight excluding hydrogens is 248 g/mol. The van der Waals surface area contributed by atoms with Crippen molar-refractivity contribution in [3.05, 3.63) is 42.2 Å². The summed E-state index contributed by atoms with van der Waals surface area (Å²) in [5.41, 5.74) is 0.0889. The number of aliphatic hydroxyl groups is 1. The Balaban J connectivity index is 1.91. The third-order valence-corrected chi connectivity index (χ3v) is 4.30. The fourth-order valence-electron chi connectivity index (χ4n) is 3.23. The molecule has 1 aliphatic rings. The number of piperidine rings is 1. The second-order valence-corrected chi connectivity index (χ2v) is 6.03. The summed E-state index contributed by atoms with van der Waals surface area (Å²) in [6.07, 6.45) is 8.05. The SMILES string of the molecule is CC(O)(CC1CCCCN1)c1cncc2ccccc12. The number of nitrogens with one attached hydrogen (secondary N) is 1. The molecule has 2 heterocycles. The van der Waals surface area contributed by atoms with Gasteiger partial charge in [0.15, 0.2) is 0 Å². The molecule has 2 unspecified atom stereocenters. The lowest BCUT2D eigenvalue weighted by Crippen LogP contribution is -2.39. The van der Waals surface area contributed by atoms with Gasteiger partial charge in [-0.3, -0.25) is 4.98 Å². The van der Waals surface area contributed by atoms with Crippen LogP contribution in [-0.4, -0.2) is 22.7 Å². The highest BCUT2D eigenvalue weighted by Crippen LogP contribution is 2.32. The predicted molar refractivity (Wildman–Crippen MR) is 81.6 cm³/mol. The molecule has 0 saturated carbocycles. The molecule has 0 bridgehead atoms. The van der Waals surface area contributed by atoms with E-state index >= 15 is 0 Å². The zero-order valence-electron chi connectivity index (χ0n) is 12.0. The van der Waals surface area contributed by atoms with Crippen molar-refractivity contribution in [3.63, 3.8) is 0 Å². The smallest absolute Gasteiger partial charge is 0.0904 e. The molecule has 3 nitrogen and oxygen atoms in total. The number of rotatable bonds is 3. The molecule has 0 radical (unpaired) electrons. The number of hydrogen-bond donors (Lipinski definition) is 2. The maximum absolute atomic E-state index is 11.0. The minimum Gasteiger partial charge on any atom is -0.385 e. The second-order valence-electron chi connectivity index (χ2n) is 6.03. The van der Waals surface area contributed by atoms with Crippen LogP contribution in [0.5, 0.6) is 0 Å². The first-order chi connectivity index (χ1) is 9.67. The van der Waals surface area contributed by atoms with E-state index < -0.39 is 5.60 Å². The summed E-state index contributed by atoms with van der Waals surface area (Å²) >= 11 is 0. The maximum atomic E-state index is 11.0. The van der Waals surface area contributed by atoms with Gasteiger partial charge in [-0.1, -0.05) is 30.7 Å². The summed E-state index contributed by atoms with van der Waals surface area (Å²) in [4.78, 5) is 4.29. The lowest BCUT2D eigenvalue weighted by Gasteiger charge is -2.32. The molecule has 1 saturated heterocycles. The second kappa shape index (κ2) is 5.51. The number of pyridine rings is 1. The first-order valence-corrected chi connectivity index (χ1v) is 7.46. The Bertz CT molecular complexity index is 583. The van der Waals surface area contributed by atoms with Crippen LogP contribution >= 0.6 is 0 Å². The van der Waals surface area contributed by atoms with Crippen LogP contribution in [0.3, 0.4) is 0 Å². The van der Waals surface area contributed by atoms with Crippen LogP contribution in [0.1, 0.15) is 38.2 Å². The van der Waals surface area contributed by atoms with Gasteiger partial charge in [-0.2, -0.15) is 0 Å². The molecule has 1 aromatic carbocycles. The summed E-state index contributed by atoms with van der Waals surface area (Å²) in [7, 11) is 0. The summed E-state index contributed by atoms with van der Waals surface area (Å²) in [6, 6.07) is 8.53. The summed E-state index contributed by atoms with van der Waals surface area (Å²) in [5, 5.41) is 16.7. The average Bonchev–Trinajstić information content (AvgIpc) is 2.47. The monoisotopic (exact) mass is 270 g/mol. The van der Waals surface area contributed by atoms with Crippen molar-refractivity contribution in [2.24, 2.45) is 0 Å². The molecule has 1 aliphatic heterocycles. The first-order valence-electron chi connectivity index (χ1n) is 7.46. The van der Waals surface area contributed by atoms with Crippen molar-refractivity contribution < 1.29 is 5.11 Å². The van der Waals surface area contributed by atoms with Crippen LogP contribution in [0.15, 0.2) is 36.7 Å². The molecule has 2 N–H and O–H groups in total. The van der Waals surface area contributed by atoms with E-state index in [0.29, 0.717) is 6.04 Å². The van der Waals surface area contributed by atoms with Gasteiger partial charge in [0.05, 0.1) is 5.60 Å². The Hall–Kier alpha value is -1.45. The molecule has 0 aliphatic carbocycles. The Morgan fingerprint density at radius 1 is 1.30 bits per heavy atom. The summed E-state index contributed by atoms with van der Waals surface area (Å²) in [5.74, 6) is 0. The van der Waals surface area contributed by atoms with Gasteiger partial charge < -0.3 is 10.4 Å². The molecule has 20 heavy (non-hydrogen) atoms. The Labute approximate surface area is 120 Å². The molecule has 3 heteroatoms. The molecule has 0 amide bonds. The normalized spacial score (nSPS) is 22.6. The fraction of sp³-hybridized carbons (Fsp3) is 0.471. The van der Waals surface area contributed by atoms with E-state index in [4.69, 9.17) is 0 Å². The zero-order valence-corrected chi connectivity index (χ0v) is 12.0. The van der Waals surface area contributed by atoms with Crippen molar-refractivity contribution in [2.45, 2.75) is 44.2 Å². The van der Waals surface area contributed by atoms with Crippen LogP contribution in [0.25, 0.3) is 10.8 Å². The van der Waals surface area contributed by atoms with Crippen LogP contribution in [-0.2, 0) is 5.60 Å². The highest BCUT2D eigenvalue weighted by Gasteiger charge is 2.29. The minimum absolute atomic E-state index is 0.401. The Morgan fingerprint density at radius 2 is 2.15 bits per heavy atom. The van der Waals surface area contributed by atoms with E-state index in [1.54, 1.807) is 0 Å². The van der Waals surface area contributed by atoms with Crippen LogP contribution in [0.2, 0.25) is 0 Å². The van der Waals surface area contributed by atoms with Crippen LogP contribution < -0.4 is 5.32 Å². The number of fused-ring (bicyclic) bond motifs is 1. The van der Waals surface area contributed by atoms with E-state index in [-0.39, 0.29) is 0 Å². The van der Waals surface area contributed by atoms with Gasteiger partial charge in [0, 0.05) is 29.4 Å². The quantitative estimate of drug-likeness (QED) is 0.901. The Morgan fingerprint density at radius 3 is 2.95 bits per heavy atom. The van der Waals surface area contributed by atoms with Crippen molar-refractivity contribution in [1.82, 2.24) is 10.3 Å². The maximum Gasteiger partial charge on any atom is 0.0904 e. The third kappa shape index (κ3) is 2.69. The molecule has 2 atom stereocenters. The van der Waals surface area contributed by atoms with E-state index in [0.717, 1.165) is 35.7 Å². The van der Waals surface area contributed by atoms with Gasteiger partial charge in [0.1, 0.15) is 0 Å². The summed E-state index contributed by atoms with van der Waals surface area (Å²) in [6.45, 7) is 2.97. The zero-order chi connectivity index (χ0) is 14.0. The van der Waals surface area contributed by atoms with E-state index in [9.17, 15) is 5.11 Å². The predicted octanol–water partition coefficient (Wildman–Crippen LogP) is 2.97. The largest absolute Gasteiger partial charge is 0.385 e. The molecule has 1 fully saturated rings. The van der Waals surface area contributed by atoms with E-state index in [1.165, 1.54) is 12.8 Å². The third-order valence-electron chi connectivity index (χ3n) is 4.30. The van der Waals surface area contributed by atoms with Gasteiger partial charge in [-0.05, 0) is 38.1 Å². The standard InChI is InChI=1S/C17H22N2O/c1-17(20,10-14-7-4-5-9-19-14)16-12-18-11-13-6-2-3-8-15(13)16/h2-3,6,8,11-12,14,19-20H,4-5,7,9-10H2,1H3.